The van der Waals surface area contributed by atoms with Crippen molar-refractivity contribution in [3.05, 3.63) is 0 Å². The Labute approximate surface area is 139 Å². The van der Waals surface area contributed by atoms with E-state index in [0.29, 0.717) is 5.04 Å². The normalized spacial score (nSPS) is 14.0. The maximum Gasteiger partial charge on any atom is 0.302 e. The summed E-state index contributed by atoms with van der Waals surface area (Å²) in [7, 11) is -1.55. The first-order valence-corrected chi connectivity index (χ1v) is 11.8. The Balaban J connectivity index is 3.47. The lowest BCUT2D eigenvalue weighted by Crippen LogP contribution is -2.40. The molecule has 0 aliphatic rings. The number of carbonyl (C=O) groups is 1. The molecule has 0 aliphatic heterocycles. The lowest BCUT2D eigenvalue weighted by molar-refractivity contribution is -0.145. The maximum atomic E-state index is 10.8. The smallest absolute Gasteiger partial charge is 0.302 e. The van der Waals surface area contributed by atoms with Gasteiger partial charge in [-0.1, -0.05) is 46.5 Å². The van der Waals surface area contributed by atoms with Gasteiger partial charge in [0.05, 0.1) is 6.10 Å². The molecule has 0 aromatic heterocycles. The quantitative estimate of drug-likeness (QED) is 0.277. The number of carbonyl (C=O) groups excluding carboxylic acids is 1. The molecule has 1 atom stereocenters. The summed E-state index contributed by atoms with van der Waals surface area (Å²) >= 11 is 0. The van der Waals surface area contributed by atoms with Crippen molar-refractivity contribution in [1.82, 2.24) is 0 Å². The third-order valence-electron chi connectivity index (χ3n) is 4.64. The van der Waals surface area contributed by atoms with Gasteiger partial charge in [0.2, 0.25) is 0 Å². The molecule has 3 nitrogen and oxygen atoms in total. The van der Waals surface area contributed by atoms with E-state index in [9.17, 15) is 4.79 Å². The molecule has 0 spiro atoms. The second-order valence-corrected chi connectivity index (χ2v) is 12.7. The lowest BCUT2D eigenvalue weighted by Gasteiger charge is -2.36. The molecule has 0 rings (SSSR count). The van der Waals surface area contributed by atoms with E-state index in [0.717, 1.165) is 19.4 Å². The van der Waals surface area contributed by atoms with Crippen molar-refractivity contribution in [1.29, 1.82) is 0 Å². The van der Waals surface area contributed by atoms with Gasteiger partial charge in [-0.25, -0.2) is 0 Å². The van der Waals surface area contributed by atoms with Gasteiger partial charge in [0.25, 0.3) is 0 Å². The Morgan fingerprint density at radius 3 is 2.00 bits per heavy atom. The molecule has 0 saturated heterocycles. The summed E-state index contributed by atoms with van der Waals surface area (Å²) in [5.41, 5.74) is 0. The molecule has 4 heteroatoms. The molecule has 0 saturated carbocycles. The number of hydrogen-bond donors (Lipinski definition) is 0. The second kappa shape index (κ2) is 10.4. The third-order valence-corrected chi connectivity index (χ3v) is 9.18. The first-order valence-electron chi connectivity index (χ1n) is 8.87. The monoisotopic (exact) mass is 330 g/mol. The molecule has 0 N–H and O–H groups in total. The van der Waals surface area contributed by atoms with E-state index >= 15 is 0 Å². The summed E-state index contributed by atoms with van der Waals surface area (Å²) in [6, 6.07) is 0. The van der Waals surface area contributed by atoms with E-state index in [-0.39, 0.29) is 12.1 Å². The minimum absolute atomic E-state index is 0.0653. The van der Waals surface area contributed by atoms with Crippen LogP contribution in [0.2, 0.25) is 18.1 Å². The molecular weight excluding hydrogens is 292 g/mol. The SMILES string of the molecule is CC(=O)OC(C)CCCCCCCCO[Si](C)(C)C(C)(C)C. The predicted molar refractivity (Wildman–Crippen MR) is 96.7 cm³/mol. The van der Waals surface area contributed by atoms with Crippen LogP contribution in [0.4, 0.5) is 0 Å². The van der Waals surface area contributed by atoms with Crippen LogP contribution in [-0.4, -0.2) is 27.0 Å². The molecule has 22 heavy (non-hydrogen) atoms. The zero-order valence-electron chi connectivity index (χ0n) is 16.0. The lowest BCUT2D eigenvalue weighted by atomic mass is 10.1. The zero-order chi connectivity index (χ0) is 17.2. The van der Waals surface area contributed by atoms with Crippen LogP contribution in [0, 0.1) is 0 Å². The van der Waals surface area contributed by atoms with Crippen LogP contribution < -0.4 is 0 Å². The van der Waals surface area contributed by atoms with Crippen LogP contribution in [0.5, 0.6) is 0 Å². The van der Waals surface area contributed by atoms with Crippen molar-refractivity contribution in [2.24, 2.45) is 0 Å². The zero-order valence-corrected chi connectivity index (χ0v) is 17.0. The Hall–Kier alpha value is -0.353. The summed E-state index contributed by atoms with van der Waals surface area (Å²) in [5, 5.41) is 0.311. The highest BCUT2D eigenvalue weighted by Crippen LogP contribution is 2.36. The van der Waals surface area contributed by atoms with Gasteiger partial charge in [0.1, 0.15) is 0 Å². The van der Waals surface area contributed by atoms with E-state index < -0.39 is 8.32 Å². The summed E-state index contributed by atoms with van der Waals surface area (Å²) in [6.45, 7) is 15.9. The number of rotatable bonds is 11. The Morgan fingerprint density at radius 1 is 1.00 bits per heavy atom. The fourth-order valence-electron chi connectivity index (χ4n) is 2.13. The van der Waals surface area contributed by atoms with Crippen molar-refractivity contribution in [3.63, 3.8) is 0 Å². The highest BCUT2D eigenvalue weighted by Gasteiger charge is 2.36. The van der Waals surface area contributed by atoms with Crippen molar-refractivity contribution < 1.29 is 14.0 Å². The molecule has 0 aromatic rings. The minimum atomic E-state index is -1.55. The van der Waals surface area contributed by atoms with Gasteiger partial charge < -0.3 is 9.16 Å². The average Bonchev–Trinajstić information content (AvgIpc) is 2.34. The van der Waals surface area contributed by atoms with Crippen LogP contribution in [-0.2, 0) is 14.0 Å². The summed E-state index contributed by atoms with van der Waals surface area (Å²) in [6.07, 6.45) is 8.41. The van der Waals surface area contributed by atoms with Crippen molar-refractivity contribution in [3.8, 4) is 0 Å². The van der Waals surface area contributed by atoms with E-state index in [2.05, 4.69) is 33.9 Å². The van der Waals surface area contributed by atoms with Crippen LogP contribution >= 0.6 is 0 Å². The number of hydrogen-bond acceptors (Lipinski definition) is 3. The summed E-state index contributed by atoms with van der Waals surface area (Å²) in [4.78, 5) is 10.8. The molecule has 0 aliphatic carbocycles. The van der Waals surface area contributed by atoms with Gasteiger partial charge >= 0.3 is 5.97 Å². The molecule has 0 heterocycles. The molecule has 0 bridgehead atoms. The summed E-state index contributed by atoms with van der Waals surface area (Å²) in [5.74, 6) is -0.172. The maximum absolute atomic E-state index is 10.8. The third kappa shape index (κ3) is 10.4. The molecular formula is C18H38O3Si. The van der Waals surface area contributed by atoms with Gasteiger partial charge in [0.15, 0.2) is 8.32 Å². The van der Waals surface area contributed by atoms with Gasteiger partial charge in [-0.15, -0.1) is 0 Å². The van der Waals surface area contributed by atoms with Crippen LogP contribution in [0.25, 0.3) is 0 Å². The van der Waals surface area contributed by atoms with Crippen molar-refractivity contribution >= 4 is 14.3 Å². The Morgan fingerprint density at radius 2 is 1.50 bits per heavy atom. The molecule has 0 aromatic carbocycles. The topological polar surface area (TPSA) is 35.5 Å². The van der Waals surface area contributed by atoms with Crippen LogP contribution in [0.1, 0.15) is 79.6 Å². The van der Waals surface area contributed by atoms with E-state index in [1.807, 2.05) is 6.92 Å². The van der Waals surface area contributed by atoms with Crippen molar-refractivity contribution in [2.45, 2.75) is 104 Å². The Bertz CT molecular complexity index is 308. The van der Waals surface area contributed by atoms with E-state index in [4.69, 9.17) is 9.16 Å². The minimum Gasteiger partial charge on any atom is -0.463 e. The molecule has 1 unspecified atom stereocenters. The first-order chi connectivity index (χ1) is 10.1. The van der Waals surface area contributed by atoms with Crippen LogP contribution in [0.3, 0.4) is 0 Å². The Kier molecular flexibility index (Phi) is 10.3. The van der Waals surface area contributed by atoms with Gasteiger partial charge in [0, 0.05) is 13.5 Å². The van der Waals surface area contributed by atoms with Crippen molar-refractivity contribution in [2.75, 3.05) is 6.61 Å². The predicted octanol–water partition coefficient (Wildman–Crippen LogP) is 5.69. The van der Waals surface area contributed by atoms with Gasteiger partial charge in [-0.05, 0) is 44.3 Å². The number of ether oxygens (including phenoxy) is 1. The molecule has 0 radical (unpaired) electrons. The second-order valence-electron chi connectivity index (χ2n) is 7.94. The number of esters is 1. The van der Waals surface area contributed by atoms with Crippen LogP contribution in [0.15, 0.2) is 0 Å². The molecule has 0 amide bonds. The highest BCUT2D eigenvalue weighted by atomic mass is 28.4. The van der Waals surface area contributed by atoms with E-state index in [1.165, 1.54) is 39.0 Å². The first kappa shape index (κ1) is 21.6. The fourth-order valence-corrected chi connectivity index (χ4v) is 3.21. The highest BCUT2D eigenvalue weighted by molar-refractivity contribution is 6.74. The fraction of sp³-hybridized carbons (Fsp3) is 0.944. The molecule has 0 fully saturated rings. The molecule has 132 valence electrons. The van der Waals surface area contributed by atoms with E-state index in [1.54, 1.807) is 0 Å². The largest absolute Gasteiger partial charge is 0.463 e. The van der Waals surface area contributed by atoms with Gasteiger partial charge in [-0.2, -0.15) is 0 Å². The van der Waals surface area contributed by atoms with Gasteiger partial charge in [-0.3, -0.25) is 4.79 Å². The average molecular weight is 331 g/mol. The summed E-state index contributed by atoms with van der Waals surface area (Å²) < 4.78 is 11.3. The number of unbranched alkanes of at least 4 members (excludes halogenated alkanes) is 5. The standard InChI is InChI=1S/C18H38O3Si/c1-16(21-17(2)19)14-12-10-8-9-11-13-15-20-22(6,7)18(3,4)5/h16H,8-15H2,1-7H3.